The summed E-state index contributed by atoms with van der Waals surface area (Å²) in [5, 5.41) is 23.8. The van der Waals surface area contributed by atoms with Crippen LogP contribution in [0.4, 0.5) is 27.3 Å². The molecule has 150 valence electrons. The molecule has 29 heavy (non-hydrogen) atoms. The van der Waals surface area contributed by atoms with Gasteiger partial charge in [-0.05, 0) is 56.1 Å². The Morgan fingerprint density at radius 3 is 1.93 bits per heavy atom. The molecule has 13 heteroatoms. The minimum absolute atomic E-state index is 0.0822. The average Bonchev–Trinajstić information content (AvgIpc) is 2.67. The van der Waals surface area contributed by atoms with Gasteiger partial charge in [0.15, 0.2) is 0 Å². The summed E-state index contributed by atoms with van der Waals surface area (Å²) in [6.45, 7) is 0. The lowest BCUT2D eigenvalue weighted by atomic mass is 10.3. The monoisotopic (exact) mass is 547 g/mol. The molecule has 0 aliphatic carbocycles. The summed E-state index contributed by atoms with van der Waals surface area (Å²) in [6.07, 6.45) is 2.25. The van der Waals surface area contributed by atoms with E-state index in [2.05, 4.69) is 47.1 Å². The Morgan fingerprint density at radius 1 is 0.931 bits per heavy atom. The summed E-state index contributed by atoms with van der Waals surface area (Å²) in [4.78, 5) is 27.1. The van der Waals surface area contributed by atoms with Crippen LogP contribution in [0.2, 0.25) is 5.15 Å². The zero-order chi connectivity index (χ0) is 21.6. The number of nitrogens with one attached hydrogen (secondary N) is 1. The summed E-state index contributed by atoms with van der Waals surface area (Å²) in [5.41, 5.74) is 0.450. The van der Waals surface area contributed by atoms with Gasteiger partial charge in [0.1, 0.15) is 29.2 Å². The fourth-order valence-electron chi connectivity index (χ4n) is 1.80. The van der Waals surface area contributed by atoms with E-state index in [9.17, 15) is 24.6 Å². The normalized spacial score (nSPS) is 9.93. The van der Waals surface area contributed by atoms with Crippen LogP contribution < -0.4 is 5.32 Å². The Hall–Kier alpha value is -2.70. The molecule has 0 amide bonds. The maximum Gasteiger partial charge on any atom is 0.288 e. The molecule has 2 heterocycles. The third-order valence-corrected chi connectivity index (χ3v) is 4.88. The van der Waals surface area contributed by atoms with E-state index < -0.39 is 9.85 Å². The lowest BCUT2D eigenvalue weighted by Crippen LogP contribution is -1.96. The van der Waals surface area contributed by atoms with Crippen molar-refractivity contribution in [1.82, 2.24) is 9.97 Å². The van der Waals surface area contributed by atoms with Crippen molar-refractivity contribution in [3.05, 3.63) is 88.9 Å². The highest BCUT2D eigenvalue weighted by Gasteiger charge is 2.10. The zero-order valence-corrected chi connectivity index (χ0v) is 18.0. The first-order valence-corrected chi connectivity index (χ1v) is 9.41. The van der Waals surface area contributed by atoms with Crippen molar-refractivity contribution in [3.63, 3.8) is 0 Å². The molecule has 3 aromatic rings. The molecule has 0 aliphatic heterocycles. The van der Waals surface area contributed by atoms with Crippen LogP contribution >= 0.6 is 43.5 Å². The second-order valence-corrected chi connectivity index (χ2v) is 7.20. The van der Waals surface area contributed by atoms with E-state index in [0.717, 1.165) is 12.4 Å². The van der Waals surface area contributed by atoms with Gasteiger partial charge in [-0.3, -0.25) is 20.2 Å². The van der Waals surface area contributed by atoms with Crippen LogP contribution in [0.1, 0.15) is 0 Å². The van der Waals surface area contributed by atoms with Gasteiger partial charge in [-0.15, -0.1) is 0 Å². The van der Waals surface area contributed by atoms with E-state index >= 15 is 0 Å². The van der Waals surface area contributed by atoms with Crippen molar-refractivity contribution < 1.29 is 14.2 Å². The highest BCUT2D eigenvalue weighted by Crippen LogP contribution is 2.27. The Bertz CT molecular complexity index is 1060. The van der Waals surface area contributed by atoms with E-state index in [-0.39, 0.29) is 22.3 Å². The SMILES string of the molecule is O=[N+]([O-])c1cnc(Cl)c(Br)c1.O=[N+]([O-])c1cnc(Nc2ccc(F)cc2)c(Br)c1. The molecule has 0 saturated heterocycles. The van der Waals surface area contributed by atoms with Crippen LogP contribution in [0.5, 0.6) is 0 Å². The summed E-state index contributed by atoms with van der Waals surface area (Å²) < 4.78 is 13.6. The van der Waals surface area contributed by atoms with Gasteiger partial charge in [-0.1, -0.05) is 11.6 Å². The van der Waals surface area contributed by atoms with E-state index in [1.807, 2.05) is 0 Å². The summed E-state index contributed by atoms with van der Waals surface area (Å²) >= 11 is 11.7. The summed E-state index contributed by atoms with van der Waals surface area (Å²) in [5.74, 6) is 0.0866. The van der Waals surface area contributed by atoms with Gasteiger partial charge >= 0.3 is 0 Å². The molecule has 0 atom stereocenters. The second kappa shape index (κ2) is 10.2. The summed E-state index contributed by atoms with van der Waals surface area (Å²) in [7, 11) is 0. The second-order valence-electron chi connectivity index (χ2n) is 5.14. The van der Waals surface area contributed by atoms with Crippen molar-refractivity contribution in [2.24, 2.45) is 0 Å². The molecule has 0 spiro atoms. The summed E-state index contributed by atoms with van der Waals surface area (Å²) in [6, 6.07) is 8.35. The number of nitro groups is 2. The molecule has 2 aromatic heterocycles. The zero-order valence-electron chi connectivity index (χ0n) is 14.1. The average molecular weight is 550 g/mol. The Balaban J connectivity index is 0.000000234. The standard InChI is InChI=1S/C11H7BrFN3O2.C5H2BrClN2O2/c12-10-5-9(16(17)18)6-14-11(10)15-8-3-1-7(13)2-4-8;6-4-1-3(9(10)11)2-8-5(4)7/h1-6H,(H,14,15);1-2H. The molecule has 0 aliphatic rings. The minimum atomic E-state index is -0.534. The molecule has 0 bridgehead atoms. The van der Waals surface area contributed by atoms with Crippen molar-refractivity contribution in [3.8, 4) is 0 Å². The highest BCUT2D eigenvalue weighted by molar-refractivity contribution is 9.11. The molecule has 0 saturated carbocycles. The maximum atomic E-state index is 12.7. The molecule has 1 aromatic carbocycles. The van der Waals surface area contributed by atoms with Gasteiger partial charge in [0.25, 0.3) is 11.4 Å². The molecular weight excluding hydrogens is 540 g/mol. The first-order valence-electron chi connectivity index (χ1n) is 7.45. The number of rotatable bonds is 4. The highest BCUT2D eigenvalue weighted by atomic mass is 79.9. The smallest absolute Gasteiger partial charge is 0.288 e. The number of pyridine rings is 2. The Labute approximate surface area is 184 Å². The van der Waals surface area contributed by atoms with E-state index in [1.54, 1.807) is 12.1 Å². The molecule has 0 unspecified atom stereocenters. The van der Waals surface area contributed by atoms with E-state index in [0.29, 0.717) is 20.5 Å². The van der Waals surface area contributed by atoms with Crippen molar-refractivity contribution in [2.75, 3.05) is 5.32 Å². The number of anilines is 2. The molecule has 1 N–H and O–H groups in total. The number of halogens is 4. The molecular formula is C16H9Br2ClFN5O4. The first-order chi connectivity index (χ1) is 13.7. The molecule has 0 fully saturated rings. The van der Waals surface area contributed by atoms with Crippen LogP contribution in [-0.4, -0.2) is 19.8 Å². The van der Waals surface area contributed by atoms with Crippen molar-refractivity contribution in [1.29, 1.82) is 0 Å². The maximum absolute atomic E-state index is 12.7. The number of benzene rings is 1. The van der Waals surface area contributed by atoms with Crippen LogP contribution in [-0.2, 0) is 0 Å². The lowest BCUT2D eigenvalue weighted by Gasteiger charge is -2.06. The first kappa shape index (κ1) is 22.6. The predicted octanol–water partition coefficient (Wildman–Crippen LogP) is 6.04. The molecule has 3 rings (SSSR count). The number of hydrogen-bond acceptors (Lipinski definition) is 7. The van der Waals surface area contributed by atoms with Gasteiger partial charge < -0.3 is 5.32 Å². The number of nitrogens with zero attached hydrogens (tertiary/aromatic N) is 4. The lowest BCUT2D eigenvalue weighted by molar-refractivity contribution is -0.385. The van der Waals surface area contributed by atoms with Gasteiger partial charge in [0.2, 0.25) is 0 Å². The third-order valence-electron chi connectivity index (χ3n) is 3.14. The Morgan fingerprint density at radius 2 is 1.45 bits per heavy atom. The van der Waals surface area contributed by atoms with Crippen LogP contribution in [0, 0.1) is 26.0 Å². The van der Waals surface area contributed by atoms with Crippen molar-refractivity contribution >= 4 is 66.3 Å². The Kier molecular flexibility index (Phi) is 7.93. The van der Waals surface area contributed by atoms with Crippen LogP contribution in [0.25, 0.3) is 0 Å². The van der Waals surface area contributed by atoms with Gasteiger partial charge in [0.05, 0.1) is 18.8 Å². The van der Waals surface area contributed by atoms with Gasteiger partial charge in [-0.2, -0.15) is 0 Å². The van der Waals surface area contributed by atoms with E-state index in [4.69, 9.17) is 11.6 Å². The fourth-order valence-corrected chi connectivity index (χ4v) is 2.68. The molecule has 9 nitrogen and oxygen atoms in total. The number of aromatic nitrogens is 2. The molecule has 0 radical (unpaired) electrons. The topological polar surface area (TPSA) is 124 Å². The van der Waals surface area contributed by atoms with Crippen LogP contribution in [0.15, 0.2) is 57.7 Å². The minimum Gasteiger partial charge on any atom is -0.339 e. The van der Waals surface area contributed by atoms with Crippen molar-refractivity contribution in [2.45, 2.75) is 0 Å². The third kappa shape index (κ3) is 6.69. The van der Waals surface area contributed by atoms with Gasteiger partial charge in [-0.25, -0.2) is 14.4 Å². The predicted molar refractivity (Wildman–Crippen MR) is 112 cm³/mol. The van der Waals surface area contributed by atoms with Gasteiger partial charge in [0, 0.05) is 17.8 Å². The fraction of sp³-hybridized carbons (Fsp3) is 0. The largest absolute Gasteiger partial charge is 0.339 e. The number of hydrogen-bond donors (Lipinski definition) is 1. The van der Waals surface area contributed by atoms with E-state index in [1.165, 1.54) is 24.3 Å². The van der Waals surface area contributed by atoms with Crippen LogP contribution in [0.3, 0.4) is 0 Å². The quantitative estimate of drug-likeness (QED) is 0.239.